The van der Waals surface area contributed by atoms with Crippen LogP contribution in [0.25, 0.3) is 0 Å². The molecule has 0 N–H and O–H groups in total. The van der Waals surface area contributed by atoms with Gasteiger partial charge in [-0.2, -0.15) is 4.98 Å². The summed E-state index contributed by atoms with van der Waals surface area (Å²) in [6.45, 7) is 2.01. The second-order valence-corrected chi connectivity index (χ2v) is 4.08. The smallest absolute Gasteiger partial charge is 0.379 e. The standard InChI is InChI=1S/C14H16N2O4/c1-3-19-14(17)13-15-12(20-16-13)9-6-10-4-7-11(18-2)8-5-10/h4-5,7-8H,3,6,9H2,1-2H3. The molecule has 0 bridgehead atoms. The van der Waals surface area contributed by atoms with Gasteiger partial charge in [-0.1, -0.05) is 12.1 Å². The molecule has 6 nitrogen and oxygen atoms in total. The van der Waals surface area contributed by atoms with E-state index in [4.69, 9.17) is 14.0 Å². The van der Waals surface area contributed by atoms with Gasteiger partial charge in [-0.05, 0) is 36.2 Å². The molecule has 0 spiro atoms. The highest BCUT2D eigenvalue weighted by Crippen LogP contribution is 2.13. The van der Waals surface area contributed by atoms with Crippen LogP contribution in [0.1, 0.15) is 29.0 Å². The van der Waals surface area contributed by atoms with Crippen molar-refractivity contribution in [2.45, 2.75) is 19.8 Å². The Bertz CT molecular complexity index is 563. The molecule has 1 heterocycles. The number of benzene rings is 1. The fourth-order valence-corrected chi connectivity index (χ4v) is 1.68. The average Bonchev–Trinajstić information content (AvgIpc) is 2.95. The quantitative estimate of drug-likeness (QED) is 0.752. The second-order valence-electron chi connectivity index (χ2n) is 4.08. The molecule has 0 aliphatic carbocycles. The summed E-state index contributed by atoms with van der Waals surface area (Å²) in [4.78, 5) is 15.4. The van der Waals surface area contributed by atoms with Gasteiger partial charge in [0, 0.05) is 6.42 Å². The fourth-order valence-electron chi connectivity index (χ4n) is 1.68. The summed E-state index contributed by atoms with van der Waals surface area (Å²) >= 11 is 0. The third kappa shape index (κ3) is 3.57. The maximum absolute atomic E-state index is 11.4. The monoisotopic (exact) mass is 276 g/mol. The lowest BCUT2D eigenvalue weighted by Gasteiger charge is -2.01. The summed E-state index contributed by atoms with van der Waals surface area (Å²) in [6.07, 6.45) is 1.31. The number of methoxy groups -OCH3 is 1. The Balaban J connectivity index is 1.91. The first kappa shape index (κ1) is 14.0. The molecule has 106 valence electrons. The SMILES string of the molecule is CCOC(=O)c1noc(CCc2ccc(OC)cc2)n1. The lowest BCUT2D eigenvalue weighted by molar-refractivity contribution is 0.0508. The highest BCUT2D eigenvalue weighted by molar-refractivity contribution is 5.84. The van der Waals surface area contributed by atoms with Gasteiger partial charge >= 0.3 is 5.97 Å². The molecule has 6 heteroatoms. The molecule has 0 unspecified atom stereocenters. The predicted molar refractivity (Wildman–Crippen MR) is 70.7 cm³/mol. The highest BCUT2D eigenvalue weighted by atomic mass is 16.5. The first-order valence-electron chi connectivity index (χ1n) is 6.35. The third-order valence-corrected chi connectivity index (χ3v) is 2.71. The maximum Gasteiger partial charge on any atom is 0.379 e. The van der Waals surface area contributed by atoms with Crippen molar-refractivity contribution in [3.63, 3.8) is 0 Å². The Kier molecular flexibility index (Phi) is 4.70. The van der Waals surface area contributed by atoms with E-state index in [0.29, 0.717) is 12.3 Å². The molecule has 1 aromatic carbocycles. The van der Waals surface area contributed by atoms with E-state index in [1.54, 1.807) is 14.0 Å². The molecule has 0 atom stereocenters. The van der Waals surface area contributed by atoms with Crippen molar-refractivity contribution >= 4 is 5.97 Å². The summed E-state index contributed by atoms with van der Waals surface area (Å²) in [6, 6.07) is 7.74. The minimum Gasteiger partial charge on any atom is -0.497 e. The zero-order valence-electron chi connectivity index (χ0n) is 11.5. The minimum atomic E-state index is -0.563. The van der Waals surface area contributed by atoms with Crippen LogP contribution in [-0.2, 0) is 17.6 Å². The molecule has 0 saturated heterocycles. The summed E-state index contributed by atoms with van der Waals surface area (Å²) in [5, 5.41) is 3.59. The van der Waals surface area contributed by atoms with Crippen LogP contribution >= 0.6 is 0 Å². The number of nitrogens with zero attached hydrogens (tertiary/aromatic N) is 2. The largest absolute Gasteiger partial charge is 0.497 e. The van der Waals surface area contributed by atoms with Crippen molar-refractivity contribution in [2.24, 2.45) is 0 Å². The number of hydrogen-bond donors (Lipinski definition) is 0. The number of ether oxygens (including phenoxy) is 2. The Morgan fingerprint density at radius 1 is 1.25 bits per heavy atom. The van der Waals surface area contributed by atoms with E-state index in [1.165, 1.54) is 0 Å². The molecule has 1 aromatic heterocycles. The van der Waals surface area contributed by atoms with Crippen LogP contribution in [-0.4, -0.2) is 29.8 Å². The first-order chi connectivity index (χ1) is 9.72. The fraction of sp³-hybridized carbons (Fsp3) is 0.357. The summed E-state index contributed by atoms with van der Waals surface area (Å²) in [7, 11) is 1.63. The Labute approximate surface area is 116 Å². The van der Waals surface area contributed by atoms with Crippen molar-refractivity contribution in [1.82, 2.24) is 10.1 Å². The molecule has 0 aliphatic rings. The molecule has 0 saturated carbocycles. The second kappa shape index (κ2) is 6.70. The molecule has 0 amide bonds. The average molecular weight is 276 g/mol. The van der Waals surface area contributed by atoms with Crippen molar-refractivity contribution in [2.75, 3.05) is 13.7 Å². The first-order valence-corrected chi connectivity index (χ1v) is 6.35. The van der Waals surface area contributed by atoms with Gasteiger partial charge in [0.2, 0.25) is 5.89 Å². The van der Waals surface area contributed by atoms with Crippen molar-refractivity contribution in [1.29, 1.82) is 0 Å². The predicted octanol–water partition coefficient (Wildman–Crippen LogP) is 2.04. The normalized spacial score (nSPS) is 10.3. The van der Waals surface area contributed by atoms with Crippen LogP contribution in [0.5, 0.6) is 5.75 Å². The number of carbonyl (C=O) groups is 1. The molecule has 2 rings (SSSR count). The number of aromatic nitrogens is 2. The number of aryl methyl sites for hydroxylation is 2. The third-order valence-electron chi connectivity index (χ3n) is 2.71. The van der Waals surface area contributed by atoms with Crippen LogP contribution in [0, 0.1) is 0 Å². The van der Waals surface area contributed by atoms with Gasteiger partial charge in [0.05, 0.1) is 13.7 Å². The van der Waals surface area contributed by atoms with Gasteiger partial charge in [-0.15, -0.1) is 0 Å². The van der Waals surface area contributed by atoms with Gasteiger partial charge in [0.15, 0.2) is 0 Å². The van der Waals surface area contributed by atoms with E-state index in [-0.39, 0.29) is 12.4 Å². The van der Waals surface area contributed by atoms with Gasteiger partial charge in [0.1, 0.15) is 5.75 Å². The highest BCUT2D eigenvalue weighted by Gasteiger charge is 2.15. The van der Waals surface area contributed by atoms with Gasteiger partial charge in [0.25, 0.3) is 5.82 Å². The van der Waals surface area contributed by atoms with Crippen LogP contribution in [0.15, 0.2) is 28.8 Å². The lowest BCUT2D eigenvalue weighted by atomic mass is 10.1. The zero-order valence-corrected chi connectivity index (χ0v) is 11.5. The number of hydrogen-bond acceptors (Lipinski definition) is 6. The van der Waals surface area contributed by atoms with Crippen LogP contribution in [0.4, 0.5) is 0 Å². The molecule has 2 aromatic rings. The molecular formula is C14H16N2O4. The summed E-state index contributed by atoms with van der Waals surface area (Å²) in [5.41, 5.74) is 1.13. The topological polar surface area (TPSA) is 74.5 Å². The molecular weight excluding hydrogens is 260 g/mol. The van der Waals surface area contributed by atoms with E-state index < -0.39 is 5.97 Å². The zero-order chi connectivity index (χ0) is 14.4. The van der Waals surface area contributed by atoms with E-state index in [9.17, 15) is 4.79 Å². The molecule has 0 radical (unpaired) electrons. The van der Waals surface area contributed by atoms with E-state index in [2.05, 4.69) is 10.1 Å². The minimum absolute atomic E-state index is 0.0309. The number of rotatable bonds is 6. The van der Waals surface area contributed by atoms with Gasteiger partial charge < -0.3 is 14.0 Å². The van der Waals surface area contributed by atoms with Crippen molar-refractivity contribution in [3.8, 4) is 5.75 Å². The van der Waals surface area contributed by atoms with Gasteiger partial charge in [-0.3, -0.25) is 0 Å². The van der Waals surface area contributed by atoms with Crippen molar-refractivity contribution in [3.05, 3.63) is 41.5 Å². The number of carbonyl (C=O) groups excluding carboxylic acids is 1. The van der Waals surface area contributed by atoms with Crippen LogP contribution in [0.3, 0.4) is 0 Å². The summed E-state index contributed by atoms with van der Waals surface area (Å²) < 4.78 is 14.9. The van der Waals surface area contributed by atoms with Crippen molar-refractivity contribution < 1.29 is 18.8 Å². The number of esters is 1. The Hall–Kier alpha value is -2.37. The van der Waals surface area contributed by atoms with Gasteiger partial charge in [-0.25, -0.2) is 4.79 Å². The summed E-state index contributed by atoms with van der Waals surface area (Å²) in [5.74, 6) is 0.642. The van der Waals surface area contributed by atoms with Crippen LogP contribution < -0.4 is 4.74 Å². The maximum atomic E-state index is 11.4. The van der Waals surface area contributed by atoms with Crippen LogP contribution in [0.2, 0.25) is 0 Å². The van der Waals surface area contributed by atoms with E-state index in [1.807, 2.05) is 24.3 Å². The Morgan fingerprint density at radius 2 is 2.00 bits per heavy atom. The van der Waals surface area contributed by atoms with E-state index in [0.717, 1.165) is 17.7 Å². The van der Waals surface area contributed by atoms with E-state index >= 15 is 0 Å². The molecule has 0 aliphatic heterocycles. The molecule has 0 fully saturated rings. The Morgan fingerprint density at radius 3 is 2.65 bits per heavy atom. The lowest BCUT2D eigenvalue weighted by Crippen LogP contribution is -2.06. The molecule has 20 heavy (non-hydrogen) atoms.